The Kier molecular flexibility index (Phi) is 5.35. The van der Waals surface area contributed by atoms with Crippen molar-refractivity contribution in [3.63, 3.8) is 0 Å². The predicted molar refractivity (Wildman–Crippen MR) is 79.5 cm³/mol. The van der Waals surface area contributed by atoms with E-state index in [-0.39, 0.29) is 11.5 Å². The highest BCUT2D eigenvalue weighted by atomic mass is 35.5. The van der Waals surface area contributed by atoms with E-state index in [9.17, 15) is 8.42 Å². The van der Waals surface area contributed by atoms with E-state index in [1.165, 1.54) is 18.2 Å². The molecule has 0 bridgehead atoms. The smallest absolute Gasteiger partial charge is 0.240 e. The number of aryl methyl sites for hydroxylation is 1. The topological polar surface area (TPSA) is 95.1 Å². The lowest BCUT2D eigenvalue weighted by Crippen LogP contribution is -2.25. The molecular formula is C13H16ClN3O3S. The van der Waals surface area contributed by atoms with Crippen LogP contribution in [0.2, 0.25) is 5.02 Å². The molecule has 0 saturated heterocycles. The molecule has 0 aliphatic rings. The number of aliphatic hydroxyl groups is 1. The van der Waals surface area contributed by atoms with E-state index in [0.717, 1.165) is 5.82 Å². The average molecular weight is 330 g/mol. The van der Waals surface area contributed by atoms with Gasteiger partial charge < -0.3 is 10.1 Å². The lowest BCUT2D eigenvalue weighted by Gasteiger charge is -2.08. The van der Waals surface area contributed by atoms with Crippen LogP contribution in [0.1, 0.15) is 17.8 Å². The van der Waals surface area contributed by atoms with Crippen molar-refractivity contribution < 1.29 is 13.5 Å². The fourth-order valence-electron chi connectivity index (χ4n) is 1.82. The third-order valence-corrected chi connectivity index (χ3v) is 4.76. The minimum atomic E-state index is -3.60. The normalized spacial score (nSPS) is 11.7. The molecule has 8 heteroatoms. The molecule has 1 aromatic carbocycles. The van der Waals surface area contributed by atoms with Gasteiger partial charge in [-0.1, -0.05) is 11.6 Å². The van der Waals surface area contributed by atoms with Crippen LogP contribution < -0.4 is 4.72 Å². The Hall–Kier alpha value is -1.41. The highest BCUT2D eigenvalue weighted by Gasteiger charge is 2.15. The first-order valence-electron chi connectivity index (χ1n) is 6.40. The molecular weight excluding hydrogens is 314 g/mol. The van der Waals surface area contributed by atoms with Crippen LogP contribution >= 0.6 is 11.6 Å². The van der Waals surface area contributed by atoms with E-state index in [0.29, 0.717) is 30.0 Å². The van der Waals surface area contributed by atoms with E-state index in [2.05, 4.69) is 14.7 Å². The van der Waals surface area contributed by atoms with Gasteiger partial charge in [-0.25, -0.2) is 18.1 Å². The summed E-state index contributed by atoms with van der Waals surface area (Å²) in [5, 5.41) is 9.46. The molecule has 0 aliphatic heterocycles. The summed E-state index contributed by atoms with van der Waals surface area (Å²) in [6.45, 7) is 0.000799. The number of aromatic nitrogens is 2. The van der Waals surface area contributed by atoms with Crippen molar-refractivity contribution in [2.45, 2.75) is 24.3 Å². The number of aromatic amines is 1. The van der Waals surface area contributed by atoms with Crippen molar-refractivity contribution in [2.75, 3.05) is 6.54 Å². The van der Waals surface area contributed by atoms with Gasteiger partial charge in [-0.15, -0.1) is 0 Å². The highest BCUT2D eigenvalue weighted by molar-refractivity contribution is 7.89. The molecule has 21 heavy (non-hydrogen) atoms. The van der Waals surface area contributed by atoms with Gasteiger partial charge in [-0.05, 0) is 30.2 Å². The molecule has 0 radical (unpaired) electrons. The van der Waals surface area contributed by atoms with Gasteiger partial charge in [0.2, 0.25) is 10.0 Å². The van der Waals surface area contributed by atoms with Gasteiger partial charge in [-0.2, -0.15) is 0 Å². The number of hydrogen-bond acceptors (Lipinski definition) is 4. The fourth-order valence-corrected chi connectivity index (χ4v) is 3.12. The van der Waals surface area contributed by atoms with Gasteiger partial charge >= 0.3 is 0 Å². The first-order valence-corrected chi connectivity index (χ1v) is 8.26. The molecule has 2 aromatic rings. The lowest BCUT2D eigenvalue weighted by molar-refractivity contribution is 0.281. The molecule has 114 valence electrons. The van der Waals surface area contributed by atoms with Gasteiger partial charge in [-0.3, -0.25) is 0 Å². The van der Waals surface area contributed by atoms with Crippen molar-refractivity contribution in [3.8, 4) is 0 Å². The molecule has 1 aromatic heterocycles. The molecule has 0 fully saturated rings. The summed E-state index contributed by atoms with van der Waals surface area (Å²) in [6, 6.07) is 4.25. The van der Waals surface area contributed by atoms with Crippen LogP contribution in [0.4, 0.5) is 0 Å². The molecule has 0 spiro atoms. The Balaban J connectivity index is 1.95. The van der Waals surface area contributed by atoms with Gasteiger partial charge in [0.15, 0.2) is 0 Å². The van der Waals surface area contributed by atoms with Crippen molar-refractivity contribution in [1.82, 2.24) is 14.7 Å². The van der Waals surface area contributed by atoms with Gasteiger partial charge in [0.25, 0.3) is 0 Å². The van der Waals surface area contributed by atoms with Gasteiger partial charge in [0.1, 0.15) is 5.82 Å². The van der Waals surface area contributed by atoms with Gasteiger partial charge in [0, 0.05) is 30.4 Å². The molecule has 6 nitrogen and oxygen atoms in total. The van der Waals surface area contributed by atoms with Crippen LogP contribution in [0.25, 0.3) is 0 Å². The number of H-pyrrole nitrogens is 1. The Morgan fingerprint density at radius 1 is 1.38 bits per heavy atom. The van der Waals surface area contributed by atoms with Crippen molar-refractivity contribution in [2.24, 2.45) is 0 Å². The quantitative estimate of drug-likeness (QED) is 0.670. The van der Waals surface area contributed by atoms with Crippen LogP contribution in [0.3, 0.4) is 0 Å². The Bertz CT molecular complexity index is 687. The number of nitrogens with zero attached hydrogens (tertiary/aromatic N) is 1. The van der Waals surface area contributed by atoms with E-state index in [1.54, 1.807) is 12.4 Å². The molecule has 3 N–H and O–H groups in total. The molecule has 0 amide bonds. The fraction of sp³-hybridized carbons (Fsp3) is 0.308. The number of benzene rings is 1. The van der Waals surface area contributed by atoms with E-state index in [4.69, 9.17) is 16.7 Å². The van der Waals surface area contributed by atoms with Crippen LogP contribution in [-0.4, -0.2) is 30.0 Å². The average Bonchev–Trinajstić information content (AvgIpc) is 2.97. The first-order chi connectivity index (χ1) is 10.0. The molecule has 2 rings (SSSR count). The summed E-state index contributed by atoms with van der Waals surface area (Å²) in [7, 11) is -3.60. The first kappa shape index (κ1) is 16.0. The Morgan fingerprint density at radius 3 is 2.86 bits per heavy atom. The number of nitrogens with one attached hydrogen (secondary N) is 2. The lowest BCUT2D eigenvalue weighted by atomic mass is 10.2. The summed E-state index contributed by atoms with van der Waals surface area (Å²) in [6.07, 6.45) is 4.68. The molecule has 1 heterocycles. The summed E-state index contributed by atoms with van der Waals surface area (Å²) in [5.41, 5.74) is 0.384. The van der Waals surface area contributed by atoms with Crippen LogP contribution in [0.15, 0.2) is 35.5 Å². The standard InChI is InChI=1S/C13H16ClN3O3S/c14-12-4-3-11(8-10(12)9-18)21(19,20)17-5-1-2-13-15-6-7-16-13/h3-4,6-8,17-18H,1-2,5,9H2,(H,15,16). The summed E-state index contributed by atoms with van der Waals surface area (Å²) in [5.74, 6) is 0.822. The van der Waals surface area contributed by atoms with E-state index in [1.807, 2.05) is 0 Å². The number of aliphatic hydroxyl groups excluding tert-OH is 1. The number of halogens is 1. The second-order valence-corrected chi connectivity index (χ2v) is 6.62. The summed E-state index contributed by atoms with van der Waals surface area (Å²) < 4.78 is 26.7. The minimum Gasteiger partial charge on any atom is -0.392 e. The summed E-state index contributed by atoms with van der Waals surface area (Å²) >= 11 is 5.84. The van der Waals surface area contributed by atoms with Crippen molar-refractivity contribution in [1.29, 1.82) is 0 Å². The van der Waals surface area contributed by atoms with E-state index < -0.39 is 10.0 Å². The highest BCUT2D eigenvalue weighted by Crippen LogP contribution is 2.20. The Labute approximate surface area is 128 Å². The number of sulfonamides is 1. The SMILES string of the molecule is O=S(=O)(NCCCc1ncc[nH]1)c1ccc(Cl)c(CO)c1. The summed E-state index contributed by atoms with van der Waals surface area (Å²) in [4.78, 5) is 7.11. The van der Waals surface area contributed by atoms with Crippen LogP contribution in [0.5, 0.6) is 0 Å². The zero-order valence-corrected chi connectivity index (χ0v) is 12.8. The van der Waals surface area contributed by atoms with Gasteiger partial charge in [0.05, 0.1) is 11.5 Å². The number of hydrogen-bond donors (Lipinski definition) is 3. The monoisotopic (exact) mass is 329 g/mol. The third kappa shape index (κ3) is 4.28. The Morgan fingerprint density at radius 2 is 2.19 bits per heavy atom. The third-order valence-electron chi connectivity index (χ3n) is 2.94. The minimum absolute atomic E-state index is 0.0916. The maximum atomic E-state index is 12.1. The van der Waals surface area contributed by atoms with E-state index >= 15 is 0 Å². The molecule has 0 unspecified atom stereocenters. The predicted octanol–water partition coefficient (Wildman–Crippen LogP) is 1.47. The number of imidazole rings is 1. The number of rotatable bonds is 7. The van der Waals surface area contributed by atoms with Crippen LogP contribution in [-0.2, 0) is 23.1 Å². The second kappa shape index (κ2) is 7.04. The largest absolute Gasteiger partial charge is 0.392 e. The zero-order chi connectivity index (χ0) is 15.3. The molecule has 0 aliphatic carbocycles. The van der Waals surface area contributed by atoms with Crippen molar-refractivity contribution in [3.05, 3.63) is 47.0 Å². The molecule has 0 atom stereocenters. The maximum absolute atomic E-state index is 12.1. The molecule has 0 saturated carbocycles. The van der Waals surface area contributed by atoms with Crippen molar-refractivity contribution >= 4 is 21.6 Å². The second-order valence-electron chi connectivity index (χ2n) is 4.45. The zero-order valence-electron chi connectivity index (χ0n) is 11.2. The maximum Gasteiger partial charge on any atom is 0.240 e. The van der Waals surface area contributed by atoms with Crippen LogP contribution in [0, 0.1) is 0 Å².